The molecule has 0 saturated carbocycles. The Morgan fingerprint density at radius 1 is 0.860 bits per heavy atom. The van der Waals surface area contributed by atoms with Crippen LogP contribution in [0.5, 0.6) is 0 Å². The molecule has 0 fully saturated rings. The first kappa shape index (κ1) is 28.5. The Labute approximate surface area is 253 Å². The molecule has 0 saturated heterocycles. The molecule has 0 spiro atoms. The normalized spacial score (nSPS) is 15.4. The van der Waals surface area contributed by atoms with Gasteiger partial charge in [0.1, 0.15) is 6.04 Å². The van der Waals surface area contributed by atoms with E-state index in [4.69, 9.17) is 0 Å². The number of amides is 2. The van der Waals surface area contributed by atoms with E-state index in [1.807, 2.05) is 53.4 Å². The van der Waals surface area contributed by atoms with Crippen LogP contribution in [0.15, 0.2) is 97.1 Å². The largest absolute Gasteiger partial charge is 0.354 e. The summed E-state index contributed by atoms with van der Waals surface area (Å²) in [7, 11) is 0. The van der Waals surface area contributed by atoms with E-state index >= 15 is 0 Å². The Balaban J connectivity index is 1.50. The van der Waals surface area contributed by atoms with Gasteiger partial charge in [0.25, 0.3) is 5.91 Å². The van der Waals surface area contributed by atoms with Gasteiger partial charge in [0.05, 0.1) is 11.7 Å². The Morgan fingerprint density at radius 2 is 1.53 bits per heavy atom. The van der Waals surface area contributed by atoms with Gasteiger partial charge in [0.2, 0.25) is 5.91 Å². The highest BCUT2D eigenvalue weighted by Gasteiger charge is 2.45. The van der Waals surface area contributed by atoms with Gasteiger partial charge in [-0.1, -0.05) is 106 Å². The van der Waals surface area contributed by atoms with E-state index in [-0.39, 0.29) is 17.7 Å². The van der Waals surface area contributed by atoms with Crippen LogP contribution in [0.2, 0.25) is 0 Å². The molecule has 2 unspecified atom stereocenters. The third-order valence-corrected chi connectivity index (χ3v) is 8.54. The number of fused-ring (bicyclic) bond motifs is 2. The van der Waals surface area contributed by atoms with Gasteiger partial charge >= 0.3 is 0 Å². The number of anilines is 1. The van der Waals surface area contributed by atoms with Crippen LogP contribution in [0.1, 0.15) is 78.7 Å². The molecule has 5 heteroatoms. The fraction of sp³-hybridized carbons (Fsp3) is 0.263. The van der Waals surface area contributed by atoms with Crippen LogP contribution in [0.3, 0.4) is 0 Å². The second-order valence-electron chi connectivity index (χ2n) is 12.4. The smallest absolute Gasteiger partial charge is 0.255 e. The number of aromatic amines is 1. The summed E-state index contributed by atoms with van der Waals surface area (Å²) in [6.45, 7) is 10.6. The Morgan fingerprint density at radius 3 is 2.23 bits per heavy atom. The highest BCUT2D eigenvalue weighted by Crippen LogP contribution is 2.47. The molecule has 2 amide bonds. The second-order valence-corrected chi connectivity index (χ2v) is 12.4. The van der Waals surface area contributed by atoms with Crippen molar-refractivity contribution in [1.82, 2.24) is 9.88 Å². The molecule has 5 nitrogen and oxygen atoms in total. The number of aryl methyl sites for hydroxylation is 1. The quantitative estimate of drug-likeness (QED) is 0.196. The summed E-state index contributed by atoms with van der Waals surface area (Å²) in [5, 5.41) is 4.20. The first-order valence-electron chi connectivity index (χ1n) is 15.2. The van der Waals surface area contributed by atoms with Gasteiger partial charge < -0.3 is 15.2 Å². The topological polar surface area (TPSA) is 65.2 Å². The van der Waals surface area contributed by atoms with Crippen LogP contribution in [-0.2, 0) is 4.79 Å². The van der Waals surface area contributed by atoms with Crippen molar-refractivity contribution in [1.29, 1.82) is 0 Å². The van der Waals surface area contributed by atoms with E-state index in [0.29, 0.717) is 17.9 Å². The lowest BCUT2D eigenvalue weighted by molar-refractivity contribution is -0.121. The number of aromatic nitrogens is 1. The van der Waals surface area contributed by atoms with Crippen LogP contribution in [0.4, 0.5) is 5.69 Å². The Hall–Kier alpha value is -4.64. The minimum absolute atomic E-state index is 0.114. The van der Waals surface area contributed by atoms with Gasteiger partial charge in [-0.05, 0) is 66.1 Å². The number of H-pyrrole nitrogens is 1. The number of nitrogens with one attached hydrogen (secondary N) is 2. The van der Waals surface area contributed by atoms with Gasteiger partial charge in [-0.15, -0.1) is 0 Å². The molecule has 0 radical (unpaired) electrons. The first-order chi connectivity index (χ1) is 20.7. The van der Waals surface area contributed by atoms with E-state index in [9.17, 15) is 9.59 Å². The predicted octanol–water partition coefficient (Wildman–Crippen LogP) is 8.87. The average molecular weight is 570 g/mol. The second kappa shape index (κ2) is 11.6. The van der Waals surface area contributed by atoms with Gasteiger partial charge in [0, 0.05) is 27.7 Å². The summed E-state index contributed by atoms with van der Waals surface area (Å²) in [5.41, 5.74) is 8.72. The summed E-state index contributed by atoms with van der Waals surface area (Å²) in [6, 6.07) is 31.4. The van der Waals surface area contributed by atoms with Crippen LogP contribution < -0.4 is 5.32 Å². The maximum Gasteiger partial charge on any atom is 0.255 e. The molecule has 2 N–H and O–H groups in total. The third kappa shape index (κ3) is 5.36. The molecule has 2 atom stereocenters. The Bertz CT molecular complexity index is 1780. The molecule has 4 aromatic carbocycles. The minimum atomic E-state index is -0.672. The van der Waals surface area contributed by atoms with E-state index in [1.54, 1.807) is 0 Å². The average Bonchev–Trinajstić information content (AvgIpc) is 3.51. The van der Waals surface area contributed by atoms with Crippen LogP contribution in [0.25, 0.3) is 22.2 Å². The number of rotatable bonds is 8. The Kier molecular flexibility index (Phi) is 7.66. The molecule has 1 aliphatic rings. The zero-order valence-corrected chi connectivity index (χ0v) is 25.5. The van der Waals surface area contributed by atoms with Gasteiger partial charge in [-0.2, -0.15) is 0 Å². The van der Waals surface area contributed by atoms with Crippen molar-refractivity contribution < 1.29 is 9.59 Å². The van der Waals surface area contributed by atoms with Crippen molar-refractivity contribution in [2.24, 2.45) is 5.92 Å². The molecule has 5 aromatic rings. The van der Waals surface area contributed by atoms with E-state index in [2.05, 4.69) is 93.5 Å². The van der Waals surface area contributed by atoms with Gasteiger partial charge in [-0.3, -0.25) is 9.59 Å². The first-order valence-corrected chi connectivity index (χ1v) is 15.2. The van der Waals surface area contributed by atoms with Crippen molar-refractivity contribution in [2.75, 3.05) is 5.32 Å². The van der Waals surface area contributed by atoms with E-state index < -0.39 is 12.1 Å². The summed E-state index contributed by atoms with van der Waals surface area (Å²) in [4.78, 5) is 34.1. The summed E-state index contributed by atoms with van der Waals surface area (Å²) in [5.74, 6) is 0.306. The van der Waals surface area contributed by atoms with Gasteiger partial charge in [-0.25, -0.2) is 0 Å². The fourth-order valence-electron chi connectivity index (χ4n) is 6.32. The van der Waals surface area contributed by atoms with E-state index in [0.717, 1.165) is 39.0 Å². The van der Waals surface area contributed by atoms with Crippen LogP contribution in [0, 0.1) is 12.8 Å². The number of hydrogen-bond donors (Lipinski definition) is 2. The number of hydrogen-bond acceptors (Lipinski definition) is 2. The number of para-hydroxylation sites is 1. The summed E-state index contributed by atoms with van der Waals surface area (Å²) < 4.78 is 0. The number of carbonyl (C=O) groups excluding carboxylic acids is 2. The lowest BCUT2D eigenvalue weighted by Gasteiger charge is -2.34. The molecule has 0 aliphatic carbocycles. The maximum absolute atomic E-state index is 14.4. The van der Waals surface area contributed by atoms with Gasteiger partial charge in [0.15, 0.2) is 0 Å². The highest BCUT2D eigenvalue weighted by molar-refractivity contribution is 6.06. The van der Waals surface area contributed by atoms with Crippen LogP contribution >= 0.6 is 0 Å². The molecular formula is C38H39N3O2. The minimum Gasteiger partial charge on any atom is -0.354 e. The SMILES string of the molecule is Cc1ccc(-c2[nH]c3ccccc3c2C2c3ccccc3C(=O)N2C(CC(C)C)C(=O)Nc2ccc(C(C)C)cc2)cc1. The molecule has 2 heterocycles. The molecule has 218 valence electrons. The molecular weight excluding hydrogens is 530 g/mol. The molecule has 1 aromatic heterocycles. The zero-order valence-electron chi connectivity index (χ0n) is 25.5. The zero-order chi connectivity index (χ0) is 30.2. The highest BCUT2D eigenvalue weighted by atomic mass is 16.2. The number of benzene rings is 4. The van der Waals surface area contributed by atoms with E-state index in [1.165, 1.54) is 11.1 Å². The van der Waals surface area contributed by atoms with Crippen molar-refractivity contribution in [3.05, 3.63) is 125 Å². The molecule has 0 bridgehead atoms. The monoisotopic (exact) mass is 569 g/mol. The number of nitrogens with zero attached hydrogens (tertiary/aromatic N) is 1. The summed E-state index contributed by atoms with van der Waals surface area (Å²) >= 11 is 0. The van der Waals surface area contributed by atoms with Crippen molar-refractivity contribution >= 4 is 28.4 Å². The predicted molar refractivity (Wildman–Crippen MR) is 175 cm³/mol. The fourth-order valence-corrected chi connectivity index (χ4v) is 6.32. The lowest BCUT2D eigenvalue weighted by atomic mass is 9.91. The molecule has 1 aliphatic heterocycles. The van der Waals surface area contributed by atoms with Crippen molar-refractivity contribution in [3.63, 3.8) is 0 Å². The lowest BCUT2D eigenvalue weighted by Crippen LogP contribution is -2.47. The molecule has 6 rings (SSSR count). The summed E-state index contributed by atoms with van der Waals surface area (Å²) in [6.07, 6.45) is 0.536. The van der Waals surface area contributed by atoms with Crippen LogP contribution in [-0.4, -0.2) is 27.7 Å². The van der Waals surface area contributed by atoms with Crippen molar-refractivity contribution in [2.45, 2.75) is 59.0 Å². The standard InChI is InChI=1S/C38H39N3O2/c1-23(2)22-33(37(42)39-28-20-18-26(19-21-28)24(3)4)41-36(29-10-6-7-11-30(29)38(41)43)34-31-12-8-9-13-32(31)40-35(34)27-16-14-25(5)15-17-27/h6-21,23-24,33,36,40H,22H2,1-5H3,(H,39,42). The maximum atomic E-state index is 14.4. The number of carbonyl (C=O) groups is 2. The van der Waals surface area contributed by atoms with Crippen molar-refractivity contribution in [3.8, 4) is 11.3 Å². The molecule has 43 heavy (non-hydrogen) atoms. The third-order valence-electron chi connectivity index (χ3n) is 8.54.